The minimum absolute atomic E-state index is 0. The maximum Gasteiger partial charge on any atom is 0.222 e. The normalized spacial score (nSPS) is 12.3. The Kier molecular flexibility index (Phi) is 14.9. The second kappa shape index (κ2) is 15.7. The standard InChI is InChI=1S/C20H34N4O2.HI/c1-5-26-18(16(2)3)11-13-22-20(21-4)23-14-12-19(25)24-15-17-9-7-6-8-10-17;/h6-10,16,18H,5,11-15H2,1-4H3,(H,24,25)(H2,21,22,23);1H. The number of carbonyl (C=O) groups is 1. The lowest BCUT2D eigenvalue weighted by Crippen LogP contribution is -2.40. The number of benzene rings is 1. The third-order valence-corrected chi connectivity index (χ3v) is 4.05. The largest absolute Gasteiger partial charge is 0.378 e. The molecule has 0 aromatic heterocycles. The summed E-state index contributed by atoms with van der Waals surface area (Å²) < 4.78 is 5.74. The van der Waals surface area contributed by atoms with Crippen molar-refractivity contribution in [1.29, 1.82) is 0 Å². The molecule has 0 aliphatic rings. The van der Waals surface area contributed by atoms with Gasteiger partial charge >= 0.3 is 0 Å². The number of aliphatic imine (C=N–C) groups is 1. The molecule has 0 saturated heterocycles. The lowest BCUT2D eigenvalue weighted by Gasteiger charge is -2.21. The predicted molar refractivity (Wildman–Crippen MR) is 123 cm³/mol. The highest BCUT2D eigenvalue weighted by atomic mass is 127. The van der Waals surface area contributed by atoms with Crippen LogP contribution in [0.5, 0.6) is 0 Å². The van der Waals surface area contributed by atoms with E-state index in [-0.39, 0.29) is 36.0 Å². The zero-order valence-corrected chi connectivity index (χ0v) is 19.3. The summed E-state index contributed by atoms with van der Waals surface area (Å²) in [6, 6.07) is 9.89. The van der Waals surface area contributed by atoms with E-state index in [1.54, 1.807) is 7.05 Å². The van der Waals surface area contributed by atoms with Crippen LogP contribution in [0.1, 0.15) is 39.2 Å². The Hall–Kier alpha value is -1.35. The predicted octanol–water partition coefficient (Wildman–Crippen LogP) is 2.93. The van der Waals surface area contributed by atoms with Gasteiger partial charge in [-0.05, 0) is 24.8 Å². The fourth-order valence-corrected chi connectivity index (χ4v) is 2.56. The number of nitrogens with one attached hydrogen (secondary N) is 3. The van der Waals surface area contributed by atoms with Crippen molar-refractivity contribution in [1.82, 2.24) is 16.0 Å². The van der Waals surface area contributed by atoms with Crippen molar-refractivity contribution in [2.45, 2.75) is 46.3 Å². The average Bonchev–Trinajstić information content (AvgIpc) is 2.65. The number of ether oxygens (including phenoxy) is 1. The summed E-state index contributed by atoms with van der Waals surface area (Å²) >= 11 is 0. The second-order valence-electron chi connectivity index (χ2n) is 6.46. The molecule has 0 saturated carbocycles. The van der Waals surface area contributed by atoms with Gasteiger partial charge in [-0.3, -0.25) is 9.79 Å². The summed E-state index contributed by atoms with van der Waals surface area (Å²) in [6.07, 6.45) is 1.57. The van der Waals surface area contributed by atoms with Gasteiger partial charge in [0, 0.05) is 39.7 Å². The molecule has 0 fully saturated rings. The molecule has 1 aromatic carbocycles. The molecule has 154 valence electrons. The SMILES string of the molecule is CCOC(CCNC(=NC)NCCC(=O)NCc1ccccc1)C(C)C.I. The summed E-state index contributed by atoms with van der Waals surface area (Å²) in [6.45, 7) is 8.96. The molecule has 1 aromatic rings. The van der Waals surface area contributed by atoms with Gasteiger partial charge in [0.2, 0.25) is 5.91 Å². The van der Waals surface area contributed by atoms with E-state index in [4.69, 9.17) is 4.74 Å². The van der Waals surface area contributed by atoms with E-state index < -0.39 is 0 Å². The lowest BCUT2D eigenvalue weighted by atomic mass is 10.0. The topological polar surface area (TPSA) is 74.8 Å². The Labute approximate surface area is 181 Å². The molecule has 0 aliphatic heterocycles. The quantitative estimate of drug-likeness (QED) is 0.253. The Morgan fingerprint density at radius 1 is 1.11 bits per heavy atom. The highest BCUT2D eigenvalue weighted by Gasteiger charge is 2.13. The summed E-state index contributed by atoms with van der Waals surface area (Å²) in [5.41, 5.74) is 1.10. The number of hydrogen-bond acceptors (Lipinski definition) is 3. The van der Waals surface area contributed by atoms with Gasteiger partial charge in [0.1, 0.15) is 0 Å². The highest BCUT2D eigenvalue weighted by molar-refractivity contribution is 14.0. The van der Waals surface area contributed by atoms with Gasteiger partial charge in [0.05, 0.1) is 6.10 Å². The maximum absolute atomic E-state index is 11.9. The van der Waals surface area contributed by atoms with Gasteiger partial charge < -0.3 is 20.7 Å². The van der Waals surface area contributed by atoms with E-state index in [0.29, 0.717) is 31.4 Å². The van der Waals surface area contributed by atoms with Crippen molar-refractivity contribution in [3.05, 3.63) is 35.9 Å². The monoisotopic (exact) mass is 490 g/mol. The second-order valence-corrected chi connectivity index (χ2v) is 6.46. The van der Waals surface area contributed by atoms with E-state index in [1.165, 1.54) is 0 Å². The zero-order chi connectivity index (χ0) is 19.2. The van der Waals surface area contributed by atoms with Gasteiger partial charge in [0.25, 0.3) is 0 Å². The molecule has 0 heterocycles. The first kappa shape index (κ1) is 25.6. The molecule has 1 atom stereocenters. The Morgan fingerprint density at radius 2 is 1.78 bits per heavy atom. The van der Waals surface area contributed by atoms with Crippen molar-refractivity contribution < 1.29 is 9.53 Å². The molecule has 0 aliphatic carbocycles. The number of hydrogen-bond donors (Lipinski definition) is 3. The first-order chi connectivity index (χ1) is 12.6. The van der Waals surface area contributed by atoms with Crippen LogP contribution in [-0.2, 0) is 16.1 Å². The van der Waals surface area contributed by atoms with Crippen LogP contribution in [0.2, 0.25) is 0 Å². The van der Waals surface area contributed by atoms with Crippen molar-refractivity contribution >= 4 is 35.8 Å². The van der Waals surface area contributed by atoms with Gasteiger partial charge in [-0.25, -0.2) is 0 Å². The van der Waals surface area contributed by atoms with Crippen molar-refractivity contribution in [2.24, 2.45) is 10.9 Å². The Balaban J connectivity index is 0.00000676. The first-order valence-corrected chi connectivity index (χ1v) is 9.43. The molecule has 7 heteroatoms. The molecular formula is C20H35IN4O2. The summed E-state index contributed by atoms with van der Waals surface area (Å²) in [7, 11) is 1.73. The van der Waals surface area contributed by atoms with Crippen LogP contribution < -0.4 is 16.0 Å². The van der Waals surface area contributed by atoms with E-state index in [2.05, 4.69) is 34.8 Å². The lowest BCUT2D eigenvalue weighted by molar-refractivity contribution is -0.121. The summed E-state index contributed by atoms with van der Waals surface area (Å²) in [5, 5.41) is 9.36. The fraction of sp³-hybridized carbons (Fsp3) is 0.600. The molecule has 1 unspecified atom stereocenters. The third-order valence-electron chi connectivity index (χ3n) is 4.05. The van der Waals surface area contributed by atoms with Crippen LogP contribution in [-0.4, -0.2) is 44.7 Å². The smallest absolute Gasteiger partial charge is 0.222 e. The van der Waals surface area contributed by atoms with Gasteiger partial charge in [-0.2, -0.15) is 0 Å². The van der Waals surface area contributed by atoms with Crippen LogP contribution in [0.15, 0.2) is 35.3 Å². The molecule has 1 amide bonds. The molecule has 0 spiro atoms. The minimum atomic E-state index is 0. The minimum Gasteiger partial charge on any atom is -0.378 e. The van der Waals surface area contributed by atoms with Crippen LogP contribution in [0.3, 0.4) is 0 Å². The number of halogens is 1. The molecule has 3 N–H and O–H groups in total. The van der Waals surface area contributed by atoms with Gasteiger partial charge in [-0.1, -0.05) is 44.2 Å². The average molecular weight is 490 g/mol. The molecule has 27 heavy (non-hydrogen) atoms. The van der Waals surface area contributed by atoms with E-state index in [9.17, 15) is 4.79 Å². The number of carbonyl (C=O) groups excluding carboxylic acids is 1. The van der Waals surface area contributed by atoms with Crippen LogP contribution >= 0.6 is 24.0 Å². The Morgan fingerprint density at radius 3 is 2.37 bits per heavy atom. The molecular weight excluding hydrogens is 455 g/mol. The number of nitrogens with zero attached hydrogens (tertiary/aromatic N) is 1. The number of guanidine groups is 1. The van der Waals surface area contributed by atoms with Gasteiger partial charge in [-0.15, -0.1) is 24.0 Å². The molecule has 0 bridgehead atoms. The maximum atomic E-state index is 11.9. The van der Waals surface area contributed by atoms with E-state index in [0.717, 1.165) is 25.1 Å². The highest BCUT2D eigenvalue weighted by Crippen LogP contribution is 2.09. The van der Waals surface area contributed by atoms with E-state index >= 15 is 0 Å². The fourth-order valence-electron chi connectivity index (χ4n) is 2.56. The first-order valence-electron chi connectivity index (χ1n) is 9.43. The molecule has 1 rings (SSSR count). The molecule has 6 nitrogen and oxygen atoms in total. The number of rotatable bonds is 11. The van der Waals surface area contributed by atoms with Crippen molar-refractivity contribution in [3.8, 4) is 0 Å². The van der Waals surface area contributed by atoms with Crippen LogP contribution in [0.25, 0.3) is 0 Å². The van der Waals surface area contributed by atoms with Crippen molar-refractivity contribution in [3.63, 3.8) is 0 Å². The summed E-state index contributed by atoms with van der Waals surface area (Å²) in [5.74, 6) is 1.22. The van der Waals surface area contributed by atoms with E-state index in [1.807, 2.05) is 37.3 Å². The summed E-state index contributed by atoms with van der Waals surface area (Å²) in [4.78, 5) is 16.1. The van der Waals surface area contributed by atoms with Crippen LogP contribution in [0.4, 0.5) is 0 Å². The van der Waals surface area contributed by atoms with Crippen molar-refractivity contribution in [2.75, 3.05) is 26.7 Å². The molecule has 0 radical (unpaired) electrons. The van der Waals surface area contributed by atoms with Gasteiger partial charge in [0.15, 0.2) is 5.96 Å². The van der Waals surface area contributed by atoms with Crippen LogP contribution in [0, 0.1) is 5.92 Å². The number of amides is 1. The Bertz CT molecular complexity index is 538. The third kappa shape index (κ3) is 11.9. The zero-order valence-electron chi connectivity index (χ0n) is 17.0.